The average molecular weight is 361 g/mol. The molecule has 20 heavy (non-hydrogen) atoms. The van der Waals surface area contributed by atoms with E-state index < -0.39 is 16.0 Å². The van der Waals surface area contributed by atoms with Crippen LogP contribution in [0.3, 0.4) is 0 Å². The van der Waals surface area contributed by atoms with Crippen molar-refractivity contribution in [1.29, 1.82) is 0 Å². The molecule has 0 saturated heterocycles. The zero-order valence-corrected chi connectivity index (χ0v) is 13.4. The molecule has 0 bridgehead atoms. The molecule has 1 aromatic rings. The van der Waals surface area contributed by atoms with E-state index in [9.17, 15) is 13.2 Å². The van der Waals surface area contributed by atoms with E-state index in [2.05, 4.69) is 4.72 Å². The Morgan fingerprint density at radius 1 is 1.30 bits per heavy atom. The molecule has 5 nitrogen and oxygen atoms in total. The summed E-state index contributed by atoms with van der Waals surface area (Å²) in [7, 11) is -3.93. The van der Waals surface area contributed by atoms with Gasteiger partial charge in [0.05, 0.1) is 10.0 Å². The molecule has 2 N–H and O–H groups in total. The summed E-state index contributed by atoms with van der Waals surface area (Å²) in [5.41, 5.74) is 0. The van der Waals surface area contributed by atoms with Crippen LogP contribution < -0.4 is 4.72 Å². The van der Waals surface area contributed by atoms with Crippen molar-refractivity contribution < 1.29 is 18.3 Å². The Balaban J connectivity index is 2.93. The lowest BCUT2D eigenvalue weighted by Gasteiger charge is -2.13. The van der Waals surface area contributed by atoms with Crippen LogP contribution in [0.1, 0.15) is 13.3 Å². The summed E-state index contributed by atoms with van der Waals surface area (Å²) in [5.74, 6) is -1.37. The number of carboxylic acid groups (broad SMARTS) is 1. The molecule has 0 aliphatic carbocycles. The minimum Gasteiger partial charge on any atom is -0.481 e. The Kier molecular flexibility index (Phi) is 6.09. The molecule has 0 aromatic heterocycles. The maximum absolute atomic E-state index is 12.1. The van der Waals surface area contributed by atoms with Gasteiger partial charge in [0.1, 0.15) is 4.90 Å². The second kappa shape index (κ2) is 6.95. The number of carboxylic acids is 1. The fraction of sp³-hybridized carbons (Fsp3) is 0.364. The predicted octanol–water partition coefficient (Wildman–Crippen LogP) is 3.04. The highest BCUT2D eigenvalue weighted by atomic mass is 35.5. The number of hydrogen-bond acceptors (Lipinski definition) is 3. The smallest absolute Gasteiger partial charge is 0.303 e. The van der Waals surface area contributed by atoms with E-state index in [1.54, 1.807) is 6.92 Å². The highest BCUT2D eigenvalue weighted by molar-refractivity contribution is 7.89. The lowest BCUT2D eigenvalue weighted by molar-refractivity contribution is -0.137. The van der Waals surface area contributed by atoms with Gasteiger partial charge in [-0.3, -0.25) is 4.79 Å². The molecule has 0 saturated carbocycles. The van der Waals surface area contributed by atoms with E-state index in [1.807, 2.05) is 0 Å². The lowest BCUT2D eigenvalue weighted by Crippen LogP contribution is -2.29. The molecule has 1 unspecified atom stereocenters. The first kappa shape index (κ1) is 17.5. The minimum atomic E-state index is -3.93. The van der Waals surface area contributed by atoms with E-state index >= 15 is 0 Å². The number of nitrogens with one attached hydrogen (secondary N) is 1. The van der Waals surface area contributed by atoms with Gasteiger partial charge in [0.15, 0.2) is 0 Å². The number of carbonyl (C=O) groups is 1. The van der Waals surface area contributed by atoms with E-state index in [1.165, 1.54) is 12.1 Å². The van der Waals surface area contributed by atoms with Gasteiger partial charge in [-0.2, -0.15) is 0 Å². The van der Waals surface area contributed by atoms with E-state index in [4.69, 9.17) is 39.9 Å². The fourth-order valence-electron chi connectivity index (χ4n) is 1.48. The molecule has 0 aliphatic rings. The zero-order valence-electron chi connectivity index (χ0n) is 10.4. The van der Waals surface area contributed by atoms with Crippen LogP contribution in [0.5, 0.6) is 0 Å². The Hall–Kier alpha value is -0.530. The normalized spacial score (nSPS) is 13.2. The predicted molar refractivity (Wildman–Crippen MR) is 78.1 cm³/mol. The first-order chi connectivity index (χ1) is 9.13. The average Bonchev–Trinajstić information content (AvgIpc) is 2.23. The molecule has 0 radical (unpaired) electrons. The third kappa shape index (κ3) is 4.79. The second-order valence-corrected chi connectivity index (χ2v) is 7.21. The van der Waals surface area contributed by atoms with Crippen LogP contribution in [0, 0.1) is 5.92 Å². The van der Waals surface area contributed by atoms with Crippen LogP contribution in [0.4, 0.5) is 0 Å². The van der Waals surface area contributed by atoms with Gasteiger partial charge in [0, 0.05) is 18.0 Å². The van der Waals surface area contributed by atoms with E-state index in [0.717, 1.165) is 0 Å². The summed E-state index contributed by atoms with van der Waals surface area (Å²) in [6.45, 7) is 1.58. The summed E-state index contributed by atoms with van der Waals surface area (Å²) in [4.78, 5) is 10.2. The molecule has 0 spiro atoms. The first-order valence-corrected chi connectivity index (χ1v) is 8.11. The summed E-state index contributed by atoms with van der Waals surface area (Å²) < 4.78 is 26.5. The summed E-state index contributed by atoms with van der Waals surface area (Å²) in [6, 6.07) is 2.54. The number of hydrogen-bond donors (Lipinski definition) is 2. The molecule has 112 valence electrons. The van der Waals surface area contributed by atoms with Gasteiger partial charge < -0.3 is 5.11 Å². The molecule has 0 heterocycles. The molecular weight excluding hydrogens is 349 g/mol. The highest BCUT2D eigenvalue weighted by Gasteiger charge is 2.23. The fourth-order valence-corrected chi connectivity index (χ4v) is 4.19. The van der Waals surface area contributed by atoms with Crippen LogP contribution in [-0.4, -0.2) is 26.0 Å². The SMILES string of the molecule is CC(CNS(=O)(=O)c1c(Cl)cc(Cl)cc1Cl)CC(=O)O. The monoisotopic (exact) mass is 359 g/mol. The van der Waals surface area contributed by atoms with E-state index in [-0.39, 0.29) is 38.8 Å². The standard InChI is InChI=1S/C11H12Cl3NO4S/c1-6(2-10(16)17)5-15-20(18,19)11-8(13)3-7(12)4-9(11)14/h3-4,6,15H,2,5H2,1H3,(H,16,17). The molecule has 0 aliphatic heterocycles. The van der Waals surface area contributed by atoms with Crippen molar-refractivity contribution in [3.05, 3.63) is 27.2 Å². The molecular formula is C11H12Cl3NO4S. The van der Waals surface area contributed by atoms with Crippen LogP contribution in [0.25, 0.3) is 0 Å². The summed E-state index contributed by atoms with van der Waals surface area (Å²) >= 11 is 17.4. The highest BCUT2D eigenvalue weighted by Crippen LogP contribution is 2.32. The van der Waals surface area contributed by atoms with Crippen LogP contribution >= 0.6 is 34.8 Å². The Morgan fingerprint density at radius 3 is 2.25 bits per heavy atom. The van der Waals surface area contributed by atoms with E-state index in [0.29, 0.717) is 0 Å². The van der Waals surface area contributed by atoms with Crippen LogP contribution in [0.2, 0.25) is 15.1 Å². The van der Waals surface area contributed by atoms with Crippen molar-refractivity contribution in [1.82, 2.24) is 4.72 Å². The number of aliphatic carboxylic acids is 1. The Morgan fingerprint density at radius 2 is 1.80 bits per heavy atom. The topological polar surface area (TPSA) is 83.5 Å². The number of sulfonamides is 1. The van der Waals surface area contributed by atoms with Gasteiger partial charge >= 0.3 is 5.97 Å². The largest absolute Gasteiger partial charge is 0.481 e. The number of benzene rings is 1. The van der Waals surface area contributed by atoms with Crippen LogP contribution in [-0.2, 0) is 14.8 Å². The Bertz CT molecular complexity index is 595. The van der Waals surface area contributed by atoms with Crippen molar-refractivity contribution in [3.8, 4) is 0 Å². The minimum absolute atomic E-state index is 0.0378. The number of halogens is 3. The maximum Gasteiger partial charge on any atom is 0.303 e. The molecule has 1 rings (SSSR count). The second-order valence-electron chi connectivity index (χ2n) is 4.25. The van der Waals surface area contributed by atoms with Crippen molar-refractivity contribution in [2.24, 2.45) is 5.92 Å². The van der Waals surface area contributed by atoms with Gasteiger partial charge in [0.2, 0.25) is 10.0 Å². The molecule has 0 amide bonds. The van der Waals surface area contributed by atoms with Gasteiger partial charge in [0.25, 0.3) is 0 Å². The van der Waals surface area contributed by atoms with Gasteiger partial charge in [-0.15, -0.1) is 0 Å². The molecule has 9 heteroatoms. The number of rotatable bonds is 6. The van der Waals surface area contributed by atoms with Crippen LogP contribution in [0.15, 0.2) is 17.0 Å². The molecule has 1 aromatic carbocycles. The van der Waals surface area contributed by atoms with Crippen molar-refractivity contribution in [2.45, 2.75) is 18.2 Å². The third-order valence-electron chi connectivity index (χ3n) is 2.38. The first-order valence-electron chi connectivity index (χ1n) is 5.49. The van der Waals surface area contributed by atoms with Crippen molar-refractivity contribution in [3.63, 3.8) is 0 Å². The van der Waals surface area contributed by atoms with Crippen molar-refractivity contribution in [2.75, 3.05) is 6.54 Å². The summed E-state index contributed by atoms with van der Waals surface area (Å²) in [5, 5.41) is 8.64. The van der Waals surface area contributed by atoms with Gasteiger partial charge in [-0.1, -0.05) is 41.7 Å². The zero-order chi connectivity index (χ0) is 15.5. The van der Waals surface area contributed by atoms with Gasteiger partial charge in [-0.05, 0) is 18.1 Å². The Labute approximate surface area is 131 Å². The maximum atomic E-state index is 12.1. The third-order valence-corrected chi connectivity index (χ3v) is 4.94. The quantitative estimate of drug-likeness (QED) is 0.816. The van der Waals surface area contributed by atoms with Crippen molar-refractivity contribution >= 4 is 50.8 Å². The molecule has 0 fully saturated rings. The van der Waals surface area contributed by atoms with Gasteiger partial charge in [-0.25, -0.2) is 13.1 Å². The summed E-state index contributed by atoms with van der Waals surface area (Å²) in [6.07, 6.45) is -0.148. The molecule has 1 atom stereocenters. The lowest BCUT2D eigenvalue weighted by atomic mass is 10.1.